The number of hydrogen-bond acceptors (Lipinski definition) is 7. The van der Waals surface area contributed by atoms with Gasteiger partial charge in [0.25, 0.3) is 17.7 Å². The number of rotatable bonds is 6. The number of carbonyl (C=O) groups is 3. The highest BCUT2D eigenvalue weighted by atomic mass is 32.2. The van der Waals surface area contributed by atoms with Gasteiger partial charge in [-0.25, -0.2) is 0 Å². The Bertz CT molecular complexity index is 1030. The van der Waals surface area contributed by atoms with E-state index in [9.17, 15) is 14.4 Å². The lowest BCUT2D eigenvalue weighted by atomic mass is 9.95. The zero-order valence-corrected chi connectivity index (χ0v) is 18.5. The van der Waals surface area contributed by atoms with E-state index in [0.29, 0.717) is 23.4 Å². The van der Waals surface area contributed by atoms with Crippen molar-refractivity contribution in [3.8, 4) is 0 Å². The third-order valence-electron chi connectivity index (χ3n) is 6.47. The molecule has 2 aromatic rings. The Kier molecular flexibility index (Phi) is 5.79. The smallest absolute Gasteiger partial charge is 0.261 e. The average molecular weight is 456 g/mol. The molecule has 2 saturated heterocycles. The van der Waals surface area contributed by atoms with Crippen LogP contribution >= 0.6 is 11.8 Å². The Balaban J connectivity index is 1.29. The maximum absolute atomic E-state index is 13.0. The fourth-order valence-electron chi connectivity index (χ4n) is 4.62. The molecule has 3 aliphatic heterocycles. The van der Waals surface area contributed by atoms with Crippen LogP contribution in [0, 0.1) is 0 Å². The van der Waals surface area contributed by atoms with Crippen LogP contribution in [0.1, 0.15) is 43.3 Å². The summed E-state index contributed by atoms with van der Waals surface area (Å²) in [4.78, 5) is 42.1. The number of thioether (sulfide) groups is 1. The highest BCUT2D eigenvalue weighted by molar-refractivity contribution is 7.99. The van der Waals surface area contributed by atoms with Gasteiger partial charge in [0.1, 0.15) is 5.76 Å². The molecule has 4 heterocycles. The number of fused-ring (bicyclic) bond motifs is 1. The maximum atomic E-state index is 13.0. The van der Waals surface area contributed by atoms with Crippen molar-refractivity contribution in [2.75, 3.05) is 44.4 Å². The fraction of sp³-hybridized carbons (Fsp3) is 0.435. The highest BCUT2D eigenvalue weighted by Crippen LogP contribution is 2.34. The molecule has 168 valence electrons. The monoisotopic (exact) mass is 455 g/mol. The summed E-state index contributed by atoms with van der Waals surface area (Å²) in [6, 6.07) is 8.13. The van der Waals surface area contributed by atoms with E-state index in [0.717, 1.165) is 49.1 Å². The predicted molar refractivity (Wildman–Crippen MR) is 119 cm³/mol. The Morgan fingerprint density at radius 2 is 1.94 bits per heavy atom. The molecule has 8 nitrogen and oxygen atoms in total. The van der Waals surface area contributed by atoms with Crippen molar-refractivity contribution >= 4 is 29.5 Å². The molecule has 32 heavy (non-hydrogen) atoms. The SMILES string of the molecule is O=C(NCC1(N2CCOCC2)CCSC1)c1ccc2c(c1)C(=O)N(Cc1ccco1)C2=O. The normalized spacial score (nSPS) is 23.6. The van der Waals surface area contributed by atoms with E-state index in [1.54, 1.807) is 24.3 Å². The van der Waals surface area contributed by atoms with Crippen LogP contribution in [-0.4, -0.2) is 77.4 Å². The zero-order valence-electron chi connectivity index (χ0n) is 17.7. The second-order valence-electron chi connectivity index (χ2n) is 8.35. The van der Waals surface area contributed by atoms with Gasteiger partial charge in [-0.3, -0.25) is 24.2 Å². The Morgan fingerprint density at radius 1 is 1.12 bits per heavy atom. The Morgan fingerprint density at radius 3 is 2.66 bits per heavy atom. The van der Waals surface area contributed by atoms with E-state index in [2.05, 4.69) is 10.2 Å². The van der Waals surface area contributed by atoms with Crippen molar-refractivity contribution in [1.29, 1.82) is 0 Å². The number of morpholine rings is 1. The molecule has 0 spiro atoms. The summed E-state index contributed by atoms with van der Waals surface area (Å²) in [6.07, 6.45) is 2.53. The van der Waals surface area contributed by atoms with Gasteiger partial charge >= 0.3 is 0 Å². The molecule has 3 aliphatic rings. The number of carbonyl (C=O) groups excluding carboxylic acids is 3. The van der Waals surface area contributed by atoms with Crippen LogP contribution in [0.25, 0.3) is 0 Å². The topological polar surface area (TPSA) is 92.1 Å². The lowest BCUT2D eigenvalue weighted by Crippen LogP contribution is -2.59. The zero-order chi connectivity index (χ0) is 22.1. The minimum Gasteiger partial charge on any atom is -0.467 e. The number of ether oxygens (including phenoxy) is 1. The number of imide groups is 1. The summed E-state index contributed by atoms with van der Waals surface area (Å²) < 4.78 is 10.8. The summed E-state index contributed by atoms with van der Waals surface area (Å²) in [5.74, 6) is 1.57. The standard InChI is InChI=1S/C23H25N3O5S/c27-20(24-14-23(5-11-32-15-23)25-6-9-30-10-7-25)16-3-4-18-19(12-16)22(29)26(21(18)28)13-17-2-1-8-31-17/h1-4,8,12H,5-7,9-11,13-15H2,(H,24,27). The van der Waals surface area contributed by atoms with Crippen LogP contribution < -0.4 is 5.32 Å². The average Bonchev–Trinajstić information content (AvgIpc) is 3.57. The van der Waals surface area contributed by atoms with E-state index in [4.69, 9.17) is 9.15 Å². The summed E-state index contributed by atoms with van der Waals surface area (Å²) in [6.45, 7) is 3.80. The Hall–Kier alpha value is -2.62. The first-order chi connectivity index (χ1) is 15.6. The quantitative estimate of drug-likeness (QED) is 0.666. The molecule has 1 aromatic heterocycles. The van der Waals surface area contributed by atoms with E-state index >= 15 is 0 Å². The van der Waals surface area contributed by atoms with E-state index in [1.165, 1.54) is 12.3 Å². The largest absolute Gasteiger partial charge is 0.467 e. The summed E-state index contributed by atoms with van der Waals surface area (Å²) in [5, 5.41) is 3.08. The Labute approximate surface area is 190 Å². The first-order valence-electron chi connectivity index (χ1n) is 10.8. The van der Waals surface area contributed by atoms with Crippen molar-refractivity contribution < 1.29 is 23.5 Å². The van der Waals surface area contributed by atoms with Crippen molar-refractivity contribution in [2.45, 2.75) is 18.5 Å². The molecule has 1 aromatic carbocycles. The second-order valence-corrected chi connectivity index (χ2v) is 9.45. The fourth-order valence-corrected chi connectivity index (χ4v) is 6.09. The van der Waals surface area contributed by atoms with Crippen LogP contribution in [0.5, 0.6) is 0 Å². The van der Waals surface area contributed by atoms with Crippen molar-refractivity contribution in [3.05, 3.63) is 59.0 Å². The van der Waals surface area contributed by atoms with Gasteiger partial charge in [-0.05, 0) is 42.5 Å². The van der Waals surface area contributed by atoms with Crippen LogP contribution in [0.4, 0.5) is 0 Å². The van der Waals surface area contributed by atoms with E-state index in [1.807, 2.05) is 11.8 Å². The third kappa shape index (κ3) is 3.85. The van der Waals surface area contributed by atoms with Gasteiger partial charge in [0.15, 0.2) is 0 Å². The van der Waals surface area contributed by atoms with Crippen molar-refractivity contribution in [3.63, 3.8) is 0 Å². The van der Waals surface area contributed by atoms with Gasteiger partial charge in [-0.15, -0.1) is 0 Å². The van der Waals surface area contributed by atoms with Crippen LogP contribution in [0.3, 0.4) is 0 Å². The number of nitrogens with zero attached hydrogens (tertiary/aromatic N) is 2. The number of amides is 3. The molecule has 1 unspecified atom stereocenters. The molecular formula is C23H25N3O5S. The number of nitrogens with one attached hydrogen (secondary N) is 1. The second kappa shape index (κ2) is 8.73. The van der Waals surface area contributed by atoms with E-state index < -0.39 is 5.91 Å². The predicted octanol–water partition coefficient (Wildman–Crippen LogP) is 2.01. The highest BCUT2D eigenvalue weighted by Gasteiger charge is 2.41. The number of benzene rings is 1. The first-order valence-corrected chi connectivity index (χ1v) is 11.9. The van der Waals surface area contributed by atoms with Crippen molar-refractivity contribution in [2.24, 2.45) is 0 Å². The van der Waals surface area contributed by atoms with Gasteiger partial charge in [0.05, 0.1) is 37.1 Å². The molecule has 3 amide bonds. The van der Waals surface area contributed by atoms with Crippen LogP contribution in [0.15, 0.2) is 41.0 Å². The van der Waals surface area contributed by atoms with Gasteiger partial charge in [0.2, 0.25) is 0 Å². The minimum absolute atomic E-state index is 0.0630. The number of hydrogen-bond donors (Lipinski definition) is 1. The molecule has 2 fully saturated rings. The van der Waals surface area contributed by atoms with Gasteiger partial charge in [-0.2, -0.15) is 11.8 Å². The molecule has 9 heteroatoms. The first kappa shape index (κ1) is 21.2. The molecule has 1 atom stereocenters. The summed E-state index contributed by atoms with van der Waals surface area (Å²) in [5.41, 5.74) is 0.892. The molecule has 5 rings (SSSR count). The summed E-state index contributed by atoms with van der Waals surface area (Å²) in [7, 11) is 0. The number of furan rings is 1. The molecule has 0 aliphatic carbocycles. The van der Waals surface area contributed by atoms with Gasteiger partial charge in [-0.1, -0.05) is 0 Å². The van der Waals surface area contributed by atoms with Gasteiger partial charge < -0.3 is 14.5 Å². The lowest BCUT2D eigenvalue weighted by Gasteiger charge is -2.43. The maximum Gasteiger partial charge on any atom is 0.261 e. The molecule has 0 bridgehead atoms. The molecule has 0 radical (unpaired) electrons. The summed E-state index contributed by atoms with van der Waals surface area (Å²) >= 11 is 1.91. The lowest BCUT2D eigenvalue weighted by molar-refractivity contribution is -0.0129. The van der Waals surface area contributed by atoms with Gasteiger partial charge in [0, 0.05) is 36.5 Å². The van der Waals surface area contributed by atoms with Crippen molar-refractivity contribution in [1.82, 2.24) is 15.1 Å². The van der Waals surface area contributed by atoms with Crippen LogP contribution in [0.2, 0.25) is 0 Å². The molecule has 1 N–H and O–H groups in total. The molecular weight excluding hydrogens is 430 g/mol. The van der Waals surface area contributed by atoms with E-state index in [-0.39, 0.29) is 29.5 Å². The minimum atomic E-state index is -0.409. The van der Waals surface area contributed by atoms with Crippen LogP contribution in [-0.2, 0) is 11.3 Å². The molecule has 0 saturated carbocycles. The third-order valence-corrected chi connectivity index (χ3v) is 7.70.